The first kappa shape index (κ1) is 12.4. The Morgan fingerprint density at radius 3 is 2.47 bits per heavy atom. The third-order valence-corrected chi connectivity index (χ3v) is 4.49. The zero-order chi connectivity index (χ0) is 12.8. The number of phenolic OH excluding ortho intramolecular Hbond substituents is 1. The minimum absolute atomic E-state index is 0.0941. The van der Waals surface area contributed by atoms with Crippen LogP contribution in [0.3, 0.4) is 0 Å². The van der Waals surface area contributed by atoms with Gasteiger partial charge in [-0.25, -0.2) is 0 Å². The highest BCUT2D eigenvalue weighted by atomic mass is 79.9. The molecule has 17 heavy (non-hydrogen) atoms. The van der Waals surface area contributed by atoms with Crippen molar-refractivity contribution in [3.8, 4) is 5.75 Å². The molecule has 1 saturated carbocycles. The molecule has 0 aliphatic heterocycles. The summed E-state index contributed by atoms with van der Waals surface area (Å²) in [4.78, 5) is 10.9. The zero-order valence-corrected chi connectivity index (χ0v) is 11.5. The van der Waals surface area contributed by atoms with Crippen LogP contribution in [0, 0.1) is 13.8 Å². The number of benzene rings is 1. The van der Waals surface area contributed by atoms with Gasteiger partial charge in [0.05, 0.1) is 10.9 Å². The molecule has 0 aromatic heterocycles. The number of aromatic hydroxyl groups is 1. The molecule has 0 spiro atoms. The number of halogens is 1. The third-order valence-electron chi connectivity index (χ3n) is 3.49. The largest absolute Gasteiger partial charge is 0.506 e. The second-order valence-electron chi connectivity index (χ2n) is 4.90. The van der Waals surface area contributed by atoms with Crippen LogP contribution in [-0.4, -0.2) is 16.2 Å². The first-order valence-electron chi connectivity index (χ1n) is 5.58. The van der Waals surface area contributed by atoms with Crippen molar-refractivity contribution in [2.45, 2.75) is 38.5 Å². The highest BCUT2D eigenvalue weighted by Crippen LogP contribution is 2.56. The zero-order valence-electron chi connectivity index (χ0n) is 9.88. The molecule has 0 unspecified atom stereocenters. The van der Waals surface area contributed by atoms with Gasteiger partial charge in [-0.3, -0.25) is 4.79 Å². The lowest BCUT2D eigenvalue weighted by molar-refractivity contribution is -0.137. The molecule has 1 aromatic rings. The molecule has 0 saturated heterocycles. The summed E-state index contributed by atoms with van der Waals surface area (Å²) in [6.45, 7) is 3.84. The molecule has 2 rings (SSSR count). The number of aryl methyl sites for hydroxylation is 2. The average Bonchev–Trinajstić information content (AvgIpc) is 2.94. The van der Waals surface area contributed by atoms with Crippen LogP contribution in [0.1, 0.15) is 36.0 Å². The van der Waals surface area contributed by atoms with E-state index in [9.17, 15) is 9.90 Å². The summed E-state index contributed by atoms with van der Waals surface area (Å²) in [6, 6.07) is 1.99. The molecule has 0 amide bonds. The first-order valence-corrected chi connectivity index (χ1v) is 6.37. The van der Waals surface area contributed by atoms with E-state index in [0.717, 1.165) is 29.5 Å². The number of aliphatic carboxylic acids is 1. The topological polar surface area (TPSA) is 57.5 Å². The van der Waals surface area contributed by atoms with Gasteiger partial charge in [-0.2, -0.15) is 0 Å². The van der Waals surface area contributed by atoms with Crippen molar-refractivity contribution in [3.05, 3.63) is 27.2 Å². The third kappa shape index (κ3) is 2.06. The molecular weight excluding hydrogens is 284 g/mol. The summed E-state index contributed by atoms with van der Waals surface area (Å²) >= 11 is 3.35. The second kappa shape index (κ2) is 4.02. The molecule has 4 heteroatoms. The Balaban J connectivity index is 2.53. The van der Waals surface area contributed by atoms with Crippen LogP contribution in [-0.2, 0) is 10.2 Å². The molecule has 1 fully saturated rings. The molecule has 0 radical (unpaired) electrons. The predicted octanol–water partition coefficient (Wildman–Crippen LogP) is 3.28. The average molecular weight is 299 g/mol. The maximum absolute atomic E-state index is 10.9. The standard InChI is InChI=1S/C13H15BrO3/c1-7-5-8(2)11(14)12(17)10(7)13(3-4-13)6-9(15)16/h5,17H,3-4,6H2,1-2H3,(H,15,16). The maximum Gasteiger partial charge on any atom is 0.304 e. The van der Waals surface area contributed by atoms with Crippen LogP contribution in [0.5, 0.6) is 5.75 Å². The lowest BCUT2D eigenvalue weighted by Crippen LogP contribution is -2.15. The Hall–Kier alpha value is -1.03. The number of carbonyl (C=O) groups is 1. The summed E-state index contributed by atoms with van der Waals surface area (Å²) in [7, 11) is 0. The van der Waals surface area contributed by atoms with E-state index in [0.29, 0.717) is 4.47 Å². The lowest BCUT2D eigenvalue weighted by Gasteiger charge is -2.20. The van der Waals surface area contributed by atoms with Gasteiger partial charge in [0.2, 0.25) is 0 Å². The van der Waals surface area contributed by atoms with Crippen LogP contribution >= 0.6 is 15.9 Å². The molecule has 0 heterocycles. The van der Waals surface area contributed by atoms with E-state index in [1.165, 1.54) is 0 Å². The van der Waals surface area contributed by atoms with Gasteiger partial charge in [0.25, 0.3) is 0 Å². The second-order valence-corrected chi connectivity index (χ2v) is 5.69. The van der Waals surface area contributed by atoms with Crippen molar-refractivity contribution in [2.75, 3.05) is 0 Å². The molecule has 0 bridgehead atoms. The molecule has 0 atom stereocenters. The fraction of sp³-hybridized carbons (Fsp3) is 0.462. The van der Waals surface area contributed by atoms with Crippen LogP contribution in [0.25, 0.3) is 0 Å². The summed E-state index contributed by atoms with van der Waals surface area (Å²) in [6.07, 6.45) is 1.77. The first-order chi connectivity index (χ1) is 7.87. The van der Waals surface area contributed by atoms with Crippen molar-refractivity contribution >= 4 is 21.9 Å². The highest BCUT2D eigenvalue weighted by Gasteiger charge is 2.48. The monoisotopic (exact) mass is 298 g/mol. The van der Waals surface area contributed by atoms with Crippen molar-refractivity contribution in [1.29, 1.82) is 0 Å². The van der Waals surface area contributed by atoms with E-state index in [-0.39, 0.29) is 17.6 Å². The van der Waals surface area contributed by atoms with E-state index in [1.54, 1.807) is 0 Å². The Bertz CT molecular complexity index is 490. The summed E-state index contributed by atoms with van der Waals surface area (Å²) in [5.41, 5.74) is 2.39. The molecule has 92 valence electrons. The molecule has 1 aliphatic rings. The van der Waals surface area contributed by atoms with Crippen molar-refractivity contribution in [1.82, 2.24) is 0 Å². The van der Waals surface area contributed by atoms with Gasteiger partial charge in [0.15, 0.2) is 0 Å². The van der Waals surface area contributed by atoms with E-state index in [2.05, 4.69) is 15.9 Å². The van der Waals surface area contributed by atoms with Crippen molar-refractivity contribution < 1.29 is 15.0 Å². The van der Waals surface area contributed by atoms with E-state index in [1.807, 2.05) is 19.9 Å². The number of phenols is 1. The van der Waals surface area contributed by atoms with Gasteiger partial charge in [0.1, 0.15) is 5.75 Å². The Morgan fingerprint density at radius 1 is 1.41 bits per heavy atom. The SMILES string of the molecule is Cc1cc(C)c(C2(CC(=O)O)CC2)c(O)c1Br. The Labute approximate surface area is 109 Å². The summed E-state index contributed by atoms with van der Waals surface area (Å²) in [5, 5.41) is 19.2. The van der Waals surface area contributed by atoms with Crippen molar-refractivity contribution in [3.63, 3.8) is 0 Å². The smallest absolute Gasteiger partial charge is 0.304 e. The van der Waals surface area contributed by atoms with Crippen LogP contribution in [0.4, 0.5) is 0 Å². The lowest BCUT2D eigenvalue weighted by atomic mass is 9.87. The Morgan fingerprint density at radius 2 is 2.00 bits per heavy atom. The molecule has 3 nitrogen and oxygen atoms in total. The van der Waals surface area contributed by atoms with Crippen LogP contribution < -0.4 is 0 Å². The van der Waals surface area contributed by atoms with Crippen molar-refractivity contribution in [2.24, 2.45) is 0 Å². The fourth-order valence-corrected chi connectivity index (χ4v) is 2.88. The number of hydrogen-bond acceptors (Lipinski definition) is 2. The van der Waals surface area contributed by atoms with Gasteiger partial charge < -0.3 is 10.2 Å². The van der Waals surface area contributed by atoms with Gasteiger partial charge in [0, 0.05) is 11.0 Å². The molecule has 1 aliphatic carbocycles. The minimum atomic E-state index is -0.807. The predicted molar refractivity (Wildman–Crippen MR) is 68.4 cm³/mol. The van der Waals surface area contributed by atoms with Gasteiger partial charge in [-0.05, 0) is 53.7 Å². The summed E-state index contributed by atoms with van der Waals surface area (Å²) < 4.78 is 0.676. The Kier molecular flexibility index (Phi) is 2.94. The van der Waals surface area contributed by atoms with Gasteiger partial charge >= 0.3 is 5.97 Å². The van der Waals surface area contributed by atoms with Gasteiger partial charge in [-0.15, -0.1) is 0 Å². The fourth-order valence-electron chi connectivity index (χ4n) is 2.57. The van der Waals surface area contributed by atoms with Gasteiger partial charge in [-0.1, -0.05) is 6.07 Å². The molecule has 1 aromatic carbocycles. The molecular formula is C13H15BrO3. The number of hydrogen-bond donors (Lipinski definition) is 2. The van der Waals surface area contributed by atoms with E-state index in [4.69, 9.17) is 5.11 Å². The minimum Gasteiger partial charge on any atom is -0.506 e. The highest BCUT2D eigenvalue weighted by molar-refractivity contribution is 9.10. The molecule has 2 N–H and O–H groups in total. The van der Waals surface area contributed by atoms with Crippen LogP contribution in [0.15, 0.2) is 10.5 Å². The quantitative estimate of drug-likeness (QED) is 0.900. The maximum atomic E-state index is 10.9. The number of rotatable bonds is 3. The van der Waals surface area contributed by atoms with Crippen LogP contribution in [0.2, 0.25) is 0 Å². The summed E-state index contributed by atoms with van der Waals surface area (Å²) in [5.74, 6) is -0.598. The number of carboxylic acids is 1. The van der Waals surface area contributed by atoms with E-state index < -0.39 is 5.97 Å². The number of carboxylic acid groups (broad SMARTS) is 1. The normalized spacial score (nSPS) is 16.9. The van der Waals surface area contributed by atoms with E-state index >= 15 is 0 Å².